The Labute approximate surface area is 125 Å². The molecule has 0 amide bonds. The molecule has 1 aromatic carbocycles. The summed E-state index contributed by atoms with van der Waals surface area (Å²) in [5.74, 6) is 1.46. The highest BCUT2D eigenvalue weighted by Crippen LogP contribution is 2.33. The number of hydrogen-bond acceptors (Lipinski definition) is 3. The van der Waals surface area contributed by atoms with Crippen LogP contribution in [0.25, 0.3) is 11.3 Å². The zero-order chi connectivity index (χ0) is 13.2. The van der Waals surface area contributed by atoms with Gasteiger partial charge in [-0.25, -0.2) is 4.98 Å². The highest BCUT2D eigenvalue weighted by atomic mass is 79.9. The van der Waals surface area contributed by atoms with Crippen LogP contribution < -0.4 is 5.32 Å². The van der Waals surface area contributed by atoms with Gasteiger partial charge in [-0.05, 0) is 40.9 Å². The molecule has 1 N–H and O–H groups in total. The summed E-state index contributed by atoms with van der Waals surface area (Å²) in [6.07, 6.45) is 5.14. The van der Waals surface area contributed by atoms with E-state index < -0.39 is 0 Å². The van der Waals surface area contributed by atoms with Gasteiger partial charge in [-0.1, -0.05) is 17.7 Å². The summed E-state index contributed by atoms with van der Waals surface area (Å²) in [4.78, 5) is 4.30. The Kier molecular flexibility index (Phi) is 3.91. The van der Waals surface area contributed by atoms with Crippen LogP contribution in [0.4, 0.5) is 0 Å². The quantitative estimate of drug-likeness (QED) is 0.891. The molecule has 0 radical (unpaired) electrons. The van der Waals surface area contributed by atoms with E-state index in [-0.39, 0.29) is 0 Å². The van der Waals surface area contributed by atoms with E-state index in [1.165, 1.54) is 12.8 Å². The molecule has 5 heteroatoms. The van der Waals surface area contributed by atoms with Crippen molar-refractivity contribution in [2.24, 2.45) is 0 Å². The van der Waals surface area contributed by atoms with Crippen LogP contribution in [0.3, 0.4) is 0 Å². The molecule has 100 valence electrons. The molecule has 3 rings (SSSR count). The molecule has 0 unspecified atom stereocenters. The third-order valence-corrected chi connectivity index (χ3v) is 4.42. The maximum absolute atomic E-state index is 6.24. The topological polar surface area (TPSA) is 38.1 Å². The van der Waals surface area contributed by atoms with Crippen LogP contribution in [0.5, 0.6) is 0 Å². The van der Waals surface area contributed by atoms with E-state index in [9.17, 15) is 0 Å². The maximum Gasteiger partial charge on any atom is 0.196 e. The first-order chi connectivity index (χ1) is 9.24. The molecular weight excluding hydrogens is 328 g/mol. The van der Waals surface area contributed by atoms with Gasteiger partial charge in [0, 0.05) is 29.0 Å². The van der Waals surface area contributed by atoms with Crippen molar-refractivity contribution in [3.8, 4) is 11.3 Å². The summed E-state index contributed by atoms with van der Waals surface area (Å²) in [6.45, 7) is 0.914. The van der Waals surface area contributed by atoms with Crippen molar-refractivity contribution in [3.63, 3.8) is 0 Å². The second-order valence-corrected chi connectivity index (χ2v) is 5.93. The van der Waals surface area contributed by atoms with Crippen LogP contribution in [-0.2, 0) is 6.42 Å². The molecule has 1 aromatic heterocycles. The molecule has 1 aliphatic carbocycles. The summed E-state index contributed by atoms with van der Waals surface area (Å²) in [6, 6.07) is 6.49. The van der Waals surface area contributed by atoms with Crippen LogP contribution >= 0.6 is 27.5 Å². The normalized spacial score (nSPS) is 14.8. The minimum atomic E-state index is 0.654. The van der Waals surface area contributed by atoms with Crippen molar-refractivity contribution < 1.29 is 4.42 Å². The molecule has 1 aliphatic rings. The molecule has 0 bridgehead atoms. The molecule has 1 heterocycles. The second kappa shape index (κ2) is 5.65. The summed E-state index contributed by atoms with van der Waals surface area (Å²) < 4.78 is 6.61. The van der Waals surface area contributed by atoms with E-state index in [0.717, 1.165) is 28.9 Å². The van der Waals surface area contributed by atoms with Gasteiger partial charge >= 0.3 is 0 Å². The lowest BCUT2D eigenvalue weighted by Crippen LogP contribution is -2.19. The number of oxazole rings is 1. The molecule has 0 spiro atoms. The molecule has 19 heavy (non-hydrogen) atoms. The van der Waals surface area contributed by atoms with Gasteiger partial charge in [-0.3, -0.25) is 0 Å². The van der Waals surface area contributed by atoms with Gasteiger partial charge in [0.2, 0.25) is 0 Å². The zero-order valence-corrected chi connectivity index (χ0v) is 12.7. The molecule has 0 aliphatic heterocycles. The SMILES string of the molecule is Clc1c(Br)cccc1-c1cnc(CCNC2CC2)o1. The lowest BCUT2D eigenvalue weighted by molar-refractivity contribution is 0.494. The number of hydrogen-bond donors (Lipinski definition) is 1. The third-order valence-electron chi connectivity index (χ3n) is 3.12. The molecule has 2 aromatic rings. The lowest BCUT2D eigenvalue weighted by atomic mass is 10.2. The molecule has 1 saturated carbocycles. The summed E-state index contributed by atoms with van der Waals surface area (Å²) in [5, 5.41) is 4.10. The van der Waals surface area contributed by atoms with Crippen LogP contribution in [0.2, 0.25) is 5.02 Å². The Morgan fingerprint density at radius 3 is 3.05 bits per heavy atom. The fourth-order valence-electron chi connectivity index (χ4n) is 1.92. The monoisotopic (exact) mass is 340 g/mol. The van der Waals surface area contributed by atoms with Gasteiger partial charge in [0.05, 0.1) is 11.2 Å². The van der Waals surface area contributed by atoms with Crippen LogP contribution in [-0.4, -0.2) is 17.6 Å². The predicted octanol–water partition coefficient (Wildman–Crippen LogP) is 4.05. The van der Waals surface area contributed by atoms with Crippen molar-refractivity contribution in [1.29, 1.82) is 0 Å². The van der Waals surface area contributed by atoms with Crippen molar-refractivity contribution >= 4 is 27.5 Å². The first-order valence-electron chi connectivity index (χ1n) is 6.36. The maximum atomic E-state index is 6.24. The molecule has 0 atom stereocenters. The number of rotatable bonds is 5. The summed E-state index contributed by atoms with van der Waals surface area (Å²) in [7, 11) is 0. The van der Waals surface area contributed by atoms with Gasteiger partial charge in [0.15, 0.2) is 11.7 Å². The van der Waals surface area contributed by atoms with E-state index in [4.69, 9.17) is 16.0 Å². The second-order valence-electron chi connectivity index (χ2n) is 4.70. The van der Waals surface area contributed by atoms with Crippen LogP contribution in [0, 0.1) is 0 Å². The highest BCUT2D eigenvalue weighted by Gasteiger charge is 2.20. The van der Waals surface area contributed by atoms with Gasteiger partial charge < -0.3 is 9.73 Å². The van der Waals surface area contributed by atoms with E-state index in [1.807, 2.05) is 18.2 Å². The molecule has 0 saturated heterocycles. The zero-order valence-electron chi connectivity index (χ0n) is 10.3. The third kappa shape index (κ3) is 3.19. The van der Waals surface area contributed by atoms with Crippen molar-refractivity contribution in [3.05, 3.63) is 39.8 Å². The van der Waals surface area contributed by atoms with Crippen molar-refractivity contribution in [1.82, 2.24) is 10.3 Å². The fourth-order valence-corrected chi connectivity index (χ4v) is 2.50. The van der Waals surface area contributed by atoms with E-state index in [0.29, 0.717) is 16.8 Å². The number of benzene rings is 1. The minimum absolute atomic E-state index is 0.654. The first-order valence-corrected chi connectivity index (χ1v) is 7.53. The first kappa shape index (κ1) is 13.2. The molecule has 3 nitrogen and oxygen atoms in total. The summed E-state index contributed by atoms with van der Waals surface area (Å²) in [5.41, 5.74) is 0.866. The Hall–Kier alpha value is -0.840. The lowest BCUT2D eigenvalue weighted by Gasteiger charge is -2.02. The van der Waals surface area contributed by atoms with Gasteiger partial charge in [-0.2, -0.15) is 0 Å². The van der Waals surface area contributed by atoms with Gasteiger partial charge in [0.25, 0.3) is 0 Å². The van der Waals surface area contributed by atoms with Gasteiger partial charge in [0.1, 0.15) is 0 Å². The number of halogens is 2. The number of nitrogens with zero attached hydrogens (tertiary/aromatic N) is 1. The van der Waals surface area contributed by atoms with E-state index >= 15 is 0 Å². The van der Waals surface area contributed by atoms with Crippen molar-refractivity contribution in [2.75, 3.05) is 6.54 Å². The average molecular weight is 342 g/mol. The fraction of sp³-hybridized carbons (Fsp3) is 0.357. The van der Waals surface area contributed by atoms with Gasteiger partial charge in [-0.15, -0.1) is 0 Å². The number of nitrogens with one attached hydrogen (secondary N) is 1. The van der Waals surface area contributed by atoms with Crippen molar-refractivity contribution in [2.45, 2.75) is 25.3 Å². The standard InChI is InChI=1S/C14H14BrClN2O/c15-11-3-1-2-10(14(11)16)12-8-18-13(19-12)6-7-17-9-4-5-9/h1-3,8-9,17H,4-7H2. The number of aromatic nitrogens is 1. The largest absolute Gasteiger partial charge is 0.441 e. The predicted molar refractivity (Wildman–Crippen MR) is 79.4 cm³/mol. The Balaban J connectivity index is 1.70. The highest BCUT2D eigenvalue weighted by molar-refractivity contribution is 9.10. The molecular formula is C14H14BrClN2O. The van der Waals surface area contributed by atoms with E-state index in [2.05, 4.69) is 26.2 Å². The smallest absolute Gasteiger partial charge is 0.196 e. The summed E-state index contributed by atoms with van der Waals surface area (Å²) >= 11 is 9.66. The minimum Gasteiger partial charge on any atom is -0.441 e. The Morgan fingerprint density at radius 1 is 1.42 bits per heavy atom. The average Bonchev–Trinajstić information content (AvgIpc) is 3.10. The Bertz CT molecular complexity index is 581. The van der Waals surface area contributed by atoms with Crippen LogP contribution in [0.1, 0.15) is 18.7 Å². The van der Waals surface area contributed by atoms with Crippen LogP contribution in [0.15, 0.2) is 33.3 Å². The molecule has 1 fully saturated rings. The van der Waals surface area contributed by atoms with E-state index in [1.54, 1.807) is 6.20 Å². The Morgan fingerprint density at radius 2 is 2.26 bits per heavy atom.